The van der Waals surface area contributed by atoms with Crippen molar-refractivity contribution in [2.45, 2.75) is 0 Å². The summed E-state index contributed by atoms with van der Waals surface area (Å²) in [6, 6.07) is 15.0. The summed E-state index contributed by atoms with van der Waals surface area (Å²) >= 11 is 3.24. The van der Waals surface area contributed by atoms with E-state index in [-0.39, 0.29) is 22.5 Å². The summed E-state index contributed by atoms with van der Waals surface area (Å²) < 4.78 is 14.5. The summed E-state index contributed by atoms with van der Waals surface area (Å²) in [5.74, 6) is -1.28. The van der Waals surface area contributed by atoms with Gasteiger partial charge < -0.3 is 5.32 Å². The van der Waals surface area contributed by atoms with Crippen molar-refractivity contribution in [2.75, 3.05) is 5.32 Å². The molecule has 0 aromatic heterocycles. The van der Waals surface area contributed by atoms with Gasteiger partial charge in [0.05, 0.1) is 11.3 Å². The quantitative estimate of drug-likeness (QED) is 0.622. The lowest BCUT2D eigenvalue weighted by molar-refractivity contribution is 0.103. The van der Waals surface area contributed by atoms with Gasteiger partial charge in [-0.25, -0.2) is 4.39 Å². The summed E-state index contributed by atoms with van der Waals surface area (Å²) in [7, 11) is 0. The molecule has 0 aliphatic carbocycles. The first-order valence-corrected chi connectivity index (χ1v) is 7.61. The van der Waals surface area contributed by atoms with Gasteiger partial charge in [-0.05, 0) is 30.3 Å². The Bertz CT molecular complexity index is 993. The van der Waals surface area contributed by atoms with Gasteiger partial charge in [0.15, 0.2) is 11.4 Å². The second kappa shape index (κ2) is 7.88. The number of ketones is 1. The first-order valence-electron chi connectivity index (χ1n) is 6.82. The van der Waals surface area contributed by atoms with E-state index in [1.165, 1.54) is 36.4 Å². The fourth-order valence-electron chi connectivity index (χ4n) is 2.02. The van der Waals surface area contributed by atoms with Crippen LogP contribution in [-0.4, -0.2) is 5.78 Å². The smallest absolute Gasteiger partial charge is 0.198 e. The molecule has 0 aliphatic rings. The van der Waals surface area contributed by atoms with E-state index in [0.717, 1.165) is 0 Å². The van der Waals surface area contributed by atoms with E-state index in [9.17, 15) is 9.18 Å². The molecule has 2 rings (SSSR count). The van der Waals surface area contributed by atoms with Crippen LogP contribution in [0.25, 0.3) is 0 Å². The first kappa shape index (κ1) is 17.9. The number of carbonyl (C=O) groups is 1. The second-order valence-corrected chi connectivity index (χ2v) is 5.62. The number of hydrogen-bond acceptors (Lipinski definition) is 5. The van der Waals surface area contributed by atoms with Gasteiger partial charge in [0.2, 0.25) is 0 Å². The Kier molecular flexibility index (Phi) is 5.63. The van der Waals surface area contributed by atoms with Gasteiger partial charge >= 0.3 is 0 Å². The number of nitrogens with zero attached hydrogens (tertiary/aromatic N) is 3. The van der Waals surface area contributed by atoms with Crippen LogP contribution in [0.3, 0.4) is 0 Å². The van der Waals surface area contributed by atoms with E-state index >= 15 is 0 Å². The Morgan fingerprint density at radius 2 is 1.68 bits per heavy atom. The van der Waals surface area contributed by atoms with Gasteiger partial charge in [-0.15, -0.1) is 0 Å². The van der Waals surface area contributed by atoms with Gasteiger partial charge in [0.1, 0.15) is 29.7 Å². The van der Waals surface area contributed by atoms with Crippen LogP contribution in [0.15, 0.2) is 58.2 Å². The minimum Gasteiger partial charge on any atom is -0.345 e. The number of hydrogen-bond donors (Lipinski definition) is 1. The molecular weight excluding hydrogens is 387 g/mol. The molecule has 0 saturated carbocycles. The summed E-state index contributed by atoms with van der Waals surface area (Å²) in [6.45, 7) is 0. The molecule has 1 N–H and O–H groups in total. The van der Waals surface area contributed by atoms with Crippen LogP contribution < -0.4 is 5.32 Å². The number of benzene rings is 2. The van der Waals surface area contributed by atoms with Crippen molar-refractivity contribution in [2.24, 2.45) is 0 Å². The number of carbonyl (C=O) groups excluding carboxylic acids is 1. The van der Waals surface area contributed by atoms with Crippen LogP contribution in [0.4, 0.5) is 10.1 Å². The predicted molar refractivity (Wildman–Crippen MR) is 91.5 cm³/mol. The number of nitriles is 3. The minimum absolute atomic E-state index is 0.0856. The van der Waals surface area contributed by atoms with Crippen molar-refractivity contribution in [3.8, 4) is 18.2 Å². The average Bonchev–Trinajstić information content (AvgIpc) is 2.62. The molecule has 0 fully saturated rings. The monoisotopic (exact) mass is 394 g/mol. The zero-order valence-corrected chi connectivity index (χ0v) is 14.1. The molecule has 25 heavy (non-hydrogen) atoms. The van der Waals surface area contributed by atoms with Crippen molar-refractivity contribution >= 4 is 27.4 Å². The van der Waals surface area contributed by atoms with Crippen LogP contribution >= 0.6 is 15.9 Å². The summed E-state index contributed by atoms with van der Waals surface area (Å²) in [6.07, 6.45) is 0. The molecule has 0 aliphatic heterocycles. The molecule has 0 saturated heterocycles. The number of halogens is 2. The van der Waals surface area contributed by atoms with Crippen molar-refractivity contribution in [1.82, 2.24) is 0 Å². The van der Waals surface area contributed by atoms with Crippen molar-refractivity contribution in [1.29, 1.82) is 15.8 Å². The molecular formula is C18H8BrFN4O. The van der Waals surface area contributed by atoms with Crippen LogP contribution in [-0.2, 0) is 0 Å². The van der Waals surface area contributed by atoms with Crippen molar-refractivity contribution < 1.29 is 9.18 Å². The van der Waals surface area contributed by atoms with Crippen molar-refractivity contribution in [3.63, 3.8) is 0 Å². The lowest BCUT2D eigenvalue weighted by Crippen LogP contribution is -2.10. The highest BCUT2D eigenvalue weighted by molar-refractivity contribution is 9.10. The number of nitrogens with one attached hydrogen (secondary N) is 1. The van der Waals surface area contributed by atoms with Crippen LogP contribution in [0.2, 0.25) is 0 Å². The predicted octanol–water partition coefficient (Wildman–Crippen LogP) is 4.06. The van der Waals surface area contributed by atoms with Gasteiger partial charge in [0.25, 0.3) is 0 Å². The van der Waals surface area contributed by atoms with Gasteiger partial charge in [-0.1, -0.05) is 28.1 Å². The highest BCUT2D eigenvalue weighted by Crippen LogP contribution is 2.26. The Labute approximate surface area is 151 Å². The maximum absolute atomic E-state index is 13.9. The van der Waals surface area contributed by atoms with Gasteiger partial charge in [0, 0.05) is 10.0 Å². The first-order chi connectivity index (χ1) is 12.0. The minimum atomic E-state index is -0.677. The second-order valence-electron chi connectivity index (χ2n) is 4.71. The maximum atomic E-state index is 13.9. The van der Waals surface area contributed by atoms with Crippen LogP contribution in [0, 0.1) is 39.8 Å². The molecule has 0 heterocycles. The van der Waals surface area contributed by atoms with E-state index in [1.807, 2.05) is 0 Å². The molecule has 120 valence electrons. The molecule has 7 heteroatoms. The molecule has 0 atom stereocenters. The molecule has 2 aromatic rings. The average molecular weight is 395 g/mol. The molecule has 0 unspecified atom stereocenters. The normalized spacial score (nSPS) is 9.24. The zero-order chi connectivity index (χ0) is 18.4. The molecule has 0 radical (unpaired) electrons. The largest absolute Gasteiger partial charge is 0.345 e. The van der Waals surface area contributed by atoms with E-state index in [2.05, 4.69) is 21.2 Å². The Morgan fingerprint density at radius 1 is 1.00 bits per heavy atom. The van der Waals surface area contributed by atoms with E-state index in [0.29, 0.717) is 4.47 Å². The molecule has 0 spiro atoms. The third kappa shape index (κ3) is 3.90. The van der Waals surface area contributed by atoms with Gasteiger partial charge in [-0.2, -0.15) is 15.8 Å². The molecule has 2 aromatic carbocycles. The molecule has 5 nitrogen and oxygen atoms in total. The van der Waals surface area contributed by atoms with Crippen LogP contribution in [0.1, 0.15) is 15.9 Å². The Balaban J connectivity index is 2.57. The number of anilines is 1. The SMILES string of the molecule is N#CC(C#N)=C(C#N)Nc1ccc(Br)cc1C(=O)c1ccccc1F. The summed E-state index contributed by atoms with van der Waals surface area (Å²) in [5, 5.41) is 29.5. The van der Waals surface area contributed by atoms with E-state index in [4.69, 9.17) is 15.8 Å². The summed E-state index contributed by atoms with van der Waals surface area (Å²) in [4.78, 5) is 12.7. The molecule has 0 amide bonds. The fourth-order valence-corrected chi connectivity index (χ4v) is 2.38. The fraction of sp³-hybridized carbons (Fsp3) is 0. The van der Waals surface area contributed by atoms with Crippen LogP contribution in [0.5, 0.6) is 0 Å². The van der Waals surface area contributed by atoms with E-state index in [1.54, 1.807) is 24.3 Å². The third-order valence-electron chi connectivity index (χ3n) is 3.19. The standard InChI is InChI=1S/C18H8BrFN4O/c19-12-5-6-16(24-17(10-23)11(8-21)9-22)14(7-12)18(25)13-3-1-2-4-15(13)20/h1-7,24H. The van der Waals surface area contributed by atoms with Crippen molar-refractivity contribution in [3.05, 3.63) is 75.2 Å². The summed E-state index contributed by atoms with van der Waals surface area (Å²) in [5.41, 5.74) is -0.588. The lowest BCUT2D eigenvalue weighted by Gasteiger charge is -2.11. The Hall–Kier alpha value is -3.47. The molecule has 0 bridgehead atoms. The maximum Gasteiger partial charge on any atom is 0.198 e. The Morgan fingerprint density at radius 3 is 2.28 bits per heavy atom. The highest BCUT2D eigenvalue weighted by Gasteiger charge is 2.19. The highest BCUT2D eigenvalue weighted by atomic mass is 79.9. The number of rotatable bonds is 4. The number of allylic oxidation sites excluding steroid dienone is 2. The third-order valence-corrected chi connectivity index (χ3v) is 3.68. The zero-order valence-electron chi connectivity index (χ0n) is 12.5. The lowest BCUT2D eigenvalue weighted by atomic mass is 10.0. The van der Waals surface area contributed by atoms with E-state index < -0.39 is 17.2 Å². The van der Waals surface area contributed by atoms with Gasteiger partial charge in [-0.3, -0.25) is 4.79 Å². The topological polar surface area (TPSA) is 100 Å².